The normalized spacial score (nSPS) is 12.3. The molecule has 69 valence electrons. The number of nitrogens with zero attached hydrogens (tertiary/aromatic N) is 1. The highest BCUT2D eigenvalue weighted by atomic mass is 14.7. The van der Waals surface area contributed by atoms with Crippen molar-refractivity contribution in [2.45, 2.75) is 27.7 Å². The van der Waals surface area contributed by atoms with Gasteiger partial charge in [0, 0.05) is 5.41 Å². The van der Waals surface area contributed by atoms with Gasteiger partial charge in [-0.2, -0.15) is 0 Å². The van der Waals surface area contributed by atoms with Crippen molar-refractivity contribution in [2.24, 2.45) is 10.4 Å². The summed E-state index contributed by atoms with van der Waals surface area (Å²) in [5, 5.41) is 0. The van der Waals surface area contributed by atoms with Crippen LogP contribution in [0.2, 0.25) is 0 Å². The Kier molecular flexibility index (Phi) is 2.86. The molecular formula is C12H16N. The van der Waals surface area contributed by atoms with Crippen LogP contribution in [-0.4, -0.2) is 6.21 Å². The smallest absolute Gasteiger partial charge is 0.0684 e. The Morgan fingerprint density at radius 2 is 1.62 bits per heavy atom. The highest BCUT2D eigenvalue weighted by Crippen LogP contribution is 2.15. The zero-order valence-electron chi connectivity index (χ0n) is 8.76. The first-order valence-electron chi connectivity index (χ1n) is 4.52. The maximum atomic E-state index is 4.27. The maximum Gasteiger partial charge on any atom is 0.0684 e. The van der Waals surface area contributed by atoms with E-state index in [9.17, 15) is 0 Å². The highest BCUT2D eigenvalue weighted by Gasteiger charge is 2.05. The van der Waals surface area contributed by atoms with Gasteiger partial charge >= 0.3 is 0 Å². The first-order chi connectivity index (χ1) is 5.97. The minimum Gasteiger partial charge on any atom is -0.251 e. The molecule has 0 aliphatic rings. The quantitative estimate of drug-likeness (QED) is 0.577. The van der Waals surface area contributed by atoms with Gasteiger partial charge < -0.3 is 0 Å². The number of rotatable bonds is 1. The maximum absolute atomic E-state index is 4.27. The van der Waals surface area contributed by atoms with Crippen molar-refractivity contribution >= 4 is 11.9 Å². The molecule has 0 saturated carbocycles. The fourth-order valence-corrected chi connectivity index (χ4v) is 0.852. The molecule has 13 heavy (non-hydrogen) atoms. The Morgan fingerprint density at radius 3 is 2.08 bits per heavy atom. The zero-order valence-corrected chi connectivity index (χ0v) is 8.76. The van der Waals surface area contributed by atoms with Crippen LogP contribution in [0, 0.1) is 12.3 Å². The molecule has 0 spiro atoms. The Labute approximate surface area is 80.5 Å². The van der Waals surface area contributed by atoms with E-state index < -0.39 is 0 Å². The van der Waals surface area contributed by atoms with Gasteiger partial charge in [0.25, 0.3) is 0 Å². The van der Waals surface area contributed by atoms with Crippen LogP contribution < -0.4 is 0 Å². The van der Waals surface area contributed by atoms with Gasteiger partial charge in [-0.3, -0.25) is 4.99 Å². The van der Waals surface area contributed by atoms with E-state index in [4.69, 9.17) is 0 Å². The Bertz CT molecular complexity index is 288. The Morgan fingerprint density at radius 1 is 1.08 bits per heavy atom. The van der Waals surface area contributed by atoms with Gasteiger partial charge in [0.2, 0.25) is 0 Å². The molecule has 0 saturated heterocycles. The molecule has 0 unspecified atom stereocenters. The fourth-order valence-electron chi connectivity index (χ4n) is 0.852. The lowest BCUT2D eigenvalue weighted by molar-refractivity contribution is 0.607. The van der Waals surface area contributed by atoms with Crippen LogP contribution in [0.4, 0.5) is 5.69 Å². The summed E-state index contributed by atoms with van der Waals surface area (Å²) >= 11 is 0. The molecule has 1 aromatic rings. The van der Waals surface area contributed by atoms with Gasteiger partial charge in [0.05, 0.1) is 11.9 Å². The van der Waals surface area contributed by atoms with Crippen molar-refractivity contribution in [3.63, 3.8) is 0 Å². The summed E-state index contributed by atoms with van der Waals surface area (Å²) in [6, 6.07) is 8.13. The minimum atomic E-state index is 0.0326. The summed E-state index contributed by atoms with van der Waals surface area (Å²) in [4.78, 5) is 4.27. The van der Waals surface area contributed by atoms with Gasteiger partial charge in [0.15, 0.2) is 0 Å². The lowest BCUT2D eigenvalue weighted by atomic mass is 9.99. The van der Waals surface area contributed by atoms with Gasteiger partial charge in [-0.05, 0) is 19.1 Å². The topological polar surface area (TPSA) is 12.4 Å². The average molecular weight is 174 g/mol. The molecule has 0 atom stereocenters. The van der Waals surface area contributed by atoms with Crippen molar-refractivity contribution in [3.8, 4) is 0 Å². The molecule has 1 aromatic carbocycles. The predicted molar refractivity (Wildman–Crippen MR) is 57.7 cm³/mol. The molecule has 0 aliphatic heterocycles. The molecule has 1 nitrogen and oxygen atoms in total. The van der Waals surface area contributed by atoms with Crippen LogP contribution in [0.3, 0.4) is 0 Å². The summed E-state index contributed by atoms with van der Waals surface area (Å²) in [6.07, 6.45) is 3.08. The monoisotopic (exact) mass is 174 g/mol. The molecule has 1 radical (unpaired) electrons. The number of hydrogen-bond acceptors (Lipinski definition) is 1. The third kappa shape index (κ3) is 3.88. The molecule has 0 heterocycles. The largest absolute Gasteiger partial charge is 0.251 e. The van der Waals surface area contributed by atoms with Gasteiger partial charge in [0.1, 0.15) is 0 Å². The first kappa shape index (κ1) is 9.97. The molecule has 0 bridgehead atoms. The van der Waals surface area contributed by atoms with Crippen molar-refractivity contribution in [1.82, 2.24) is 0 Å². The van der Waals surface area contributed by atoms with E-state index in [2.05, 4.69) is 51.0 Å². The molecule has 0 N–H and O–H groups in total. The van der Waals surface area contributed by atoms with Gasteiger partial charge in [-0.25, -0.2) is 0 Å². The highest BCUT2D eigenvalue weighted by molar-refractivity contribution is 5.68. The van der Waals surface area contributed by atoms with E-state index in [0.29, 0.717) is 0 Å². The second-order valence-corrected chi connectivity index (χ2v) is 4.31. The van der Waals surface area contributed by atoms with E-state index in [0.717, 1.165) is 5.69 Å². The fraction of sp³-hybridized carbons (Fsp3) is 0.417. The summed E-state index contributed by atoms with van der Waals surface area (Å²) in [5.41, 5.74) is 2.26. The third-order valence-electron chi connectivity index (χ3n) is 1.55. The summed E-state index contributed by atoms with van der Waals surface area (Å²) in [7, 11) is 0. The number of aliphatic imine (C=N–C) groups is 1. The SMILES string of the molecule is Cc1ccc(N=[C]C(C)(C)C)cc1. The average Bonchev–Trinajstić information content (AvgIpc) is 2.02. The Hall–Kier alpha value is -1.11. The van der Waals surface area contributed by atoms with E-state index in [1.54, 1.807) is 0 Å². The van der Waals surface area contributed by atoms with E-state index >= 15 is 0 Å². The molecule has 0 fully saturated rings. The van der Waals surface area contributed by atoms with Crippen LogP contribution in [0.1, 0.15) is 26.3 Å². The lowest BCUT2D eigenvalue weighted by Gasteiger charge is -2.08. The number of hydrogen-bond donors (Lipinski definition) is 0. The molecule has 1 heteroatoms. The van der Waals surface area contributed by atoms with E-state index in [1.807, 2.05) is 12.1 Å². The standard InChI is InChI=1S/C12H16N/c1-10-5-7-11(8-6-10)13-9-12(2,3)4/h5-8H,1-4H3. The van der Waals surface area contributed by atoms with E-state index in [-0.39, 0.29) is 5.41 Å². The summed E-state index contributed by atoms with van der Waals surface area (Å²) < 4.78 is 0. The van der Waals surface area contributed by atoms with Crippen LogP contribution in [0.25, 0.3) is 0 Å². The second kappa shape index (κ2) is 3.73. The Balaban J connectivity index is 2.75. The van der Waals surface area contributed by atoms with Crippen LogP contribution >= 0.6 is 0 Å². The van der Waals surface area contributed by atoms with Gasteiger partial charge in [-0.15, -0.1) is 0 Å². The molecular weight excluding hydrogens is 158 g/mol. The van der Waals surface area contributed by atoms with Crippen molar-refractivity contribution in [3.05, 3.63) is 29.8 Å². The van der Waals surface area contributed by atoms with E-state index in [1.165, 1.54) is 5.56 Å². The van der Waals surface area contributed by atoms with Crippen molar-refractivity contribution < 1.29 is 0 Å². The lowest BCUT2D eigenvalue weighted by Crippen LogP contribution is -2.05. The number of benzene rings is 1. The van der Waals surface area contributed by atoms with Crippen LogP contribution in [0.5, 0.6) is 0 Å². The predicted octanol–water partition coefficient (Wildman–Crippen LogP) is 3.62. The minimum absolute atomic E-state index is 0.0326. The van der Waals surface area contributed by atoms with Crippen molar-refractivity contribution in [1.29, 1.82) is 0 Å². The van der Waals surface area contributed by atoms with Crippen molar-refractivity contribution in [2.75, 3.05) is 0 Å². The van der Waals surface area contributed by atoms with Crippen LogP contribution in [-0.2, 0) is 0 Å². The molecule has 0 aromatic heterocycles. The second-order valence-electron chi connectivity index (χ2n) is 4.31. The molecule has 0 amide bonds. The van der Waals surface area contributed by atoms with Crippen LogP contribution in [0.15, 0.2) is 29.3 Å². The molecule has 0 aliphatic carbocycles. The molecule has 1 rings (SSSR count). The first-order valence-corrected chi connectivity index (χ1v) is 4.52. The zero-order chi connectivity index (χ0) is 9.90. The summed E-state index contributed by atoms with van der Waals surface area (Å²) in [6.45, 7) is 8.33. The third-order valence-corrected chi connectivity index (χ3v) is 1.55. The number of aryl methyl sites for hydroxylation is 1. The van der Waals surface area contributed by atoms with Gasteiger partial charge in [-0.1, -0.05) is 38.5 Å². The summed E-state index contributed by atoms with van der Waals surface area (Å²) in [5.74, 6) is 0.